The third-order valence-corrected chi connectivity index (χ3v) is 4.51. The quantitative estimate of drug-likeness (QED) is 0.908. The van der Waals surface area contributed by atoms with Gasteiger partial charge in [-0.25, -0.2) is 8.78 Å². The first kappa shape index (κ1) is 16.7. The van der Waals surface area contributed by atoms with Gasteiger partial charge in [-0.05, 0) is 36.8 Å². The summed E-state index contributed by atoms with van der Waals surface area (Å²) in [5.41, 5.74) is -0.0965. The highest BCUT2D eigenvalue weighted by Gasteiger charge is 2.33. The standard InChI is InChI=1S/C16H21F2NO3/c1-2-16(11-20)5-7-19(8-6-16)15(21)10-22-14-4-3-12(17)9-13(14)18/h3-4,9,20H,2,5-8,10-11H2,1H3. The highest BCUT2D eigenvalue weighted by Crippen LogP contribution is 2.34. The van der Waals surface area contributed by atoms with Crippen molar-refractivity contribution >= 4 is 5.91 Å². The van der Waals surface area contributed by atoms with Gasteiger partial charge < -0.3 is 14.7 Å². The first-order chi connectivity index (χ1) is 10.5. The third kappa shape index (κ3) is 3.74. The van der Waals surface area contributed by atoms with Gasteiger partial charge in [-0.2, -0.15) is 0 Å². The number of halogens is 2. The predicted molar refractivity (Wildman–Crippen MR) is 77.5 cm³/mol. The van der Waals surface area contributed by atoms with Gasteiger partial charge >= 0.3 is 0 Å². The summed E-state index contributed by atoms with van der Waals surface area (Å²) in [6, 6.07) is 2.97. The summed E-state index contributed by atoms with van der Waals surface area (Å²) >= 11 is 0. The molecule has 1 aromatic rings. The number of ether oxygens (including phenoxy) is 1. The van der Waals surface area contributed by atoms with Crippen molar-refractivity contribution in [1.29, 1.82) is 0 Å². The van der Waals surface area contributed by atoms with Gasteiger partial charge in [0.1, 0.15) is 5.82 Å². The monoisotopic (exact) mass is 313 g/mol. The summed E-state index contributed by atoms with van der Waals surface area (Å²) in [5.74, 6) is -1.87. The molecule has 0 atom stereocenters. The van der Waals surface area contributed by atoms with Crippen molar-refractivity contribution in [3.05, 3.63) is 29.8 Å². The lowest BCUT2D eigenvalue weighted by molar-refractivity contribution is -0.136. The molecule has 0 aromatic heterocycles. The van der Waals surface area contributed by atoms with Crippen LogP contribution in [0.3, 0.4) is 0 Å². The largest absolute Gasteiger partial charge is 0.481 e. The van der Waals surface area contributed by atoms with Crippen molar-refractivity contribution in [2.75, 3.05) is 26.3 Å². The van der Waals surface area contributed by atoms with Gasteiger partial charge in [-0.1, -0.05) is 6.92 Å². The summed E-state index contributed by atoms with van der Waals surface area (Å²) in [6.45, 7) is 3.00. The molecule has 1 amide bonds. The number of aliphatic hydroxyl groups excluding tert-OH is 1. The van der Waals surface area contributed by atoms with E-state index in [2.05, 4.69) is 0 Å². The van der Waals surface area contributed by atoms with Gasteiger partial charge in [-0.15, -0.1) is 0 Å². The number of benzene rings is 1. The summed E-state index contributed by atoms with van der Waals surface area (Å²) in [6.07, 6.45) is 2.37. The molecule has 1 fully saturated rings. The van der Waals surface area contributed by atoms with Gasteiger partial charge in [0.05, 0.1) is 0 Å². The Kier molecular flexibility index (Phi) is 5.34. The zero-order valence-corrected chi connectivity index (χ0v) is 12.6. The highest BCUT2D eigenvalue weighted by atomic mass is 19.1. The number of hydrogen-bond acceptors (Lipinski definition) is 3. The molecule has 4 nitrogen and oxygen atoms in total. The first-order valence-corrected chi connectivity index (χ1v) is 7.46. The van der Waals surface area contributed by atoms with Crippen LogP contribution in [-0.4, -0.2) is 42.2 Å². The minimum Gasteiger partial charge on any atom is -0.481 e. The molecule has 1 N–H and O–H groups in total. The van der Waals surface area contributed by atoms with Crippen LogP contribution in [0, 0.1) is 17.0 Å². The lowest BCUT2D eigenvalue weighted by Crippen LogP contribution is -2.46. The maximum absolute atomic E-state index is 13.4. The van der Waals surface area contributed by atoms with E-state index in [9.17, 15) is 18.7 Å². The van der Waals surface area contributed by atoms with Gasteiger partial charge in [0, 0.05) is 25.8 Å². The van der Waals surface area contributed by atoms with Crippen LogP contribution in [0.1, 0.15) is 26.2 Å². The number of nitrogens with zero attached hydrogens (tertiary/aromatic N) is 1. The lowest BCUT2D eigenvalue weighted by Gasteiger charge is -2.40. The number of carbonyl (C=O) groups is 1. The van der Waals surface area contributed by atoms with E-state index in [1.807, 2.05) is 6.92 Å². The molecule has 0 unspecified atom stereocenters. The predicted octanol–water partition coefficient (Wildman–Crippen LogP) is 2.35. The number of hydrogen-bond donors (Lipinski definition) is 1. The third-order valence-electron chi connectivity index (χ3n) is 4.51. The Morgan fingerprint density at radius 3 is 2.59 bits per heavy atom. The first-order valence-electron chi connectivity index (χ1n) is 7.46. The molecule has 0 aliphatic carbocycles. The van der Waals surface area contributed by atoms with Gasteiger partial charge in [0.2, 0.25) is 0 Å². The lowest BCUT2D eigenvalue weighted by atomic mass is 9.77. The number of piperidine rings is 1. The van der Waals surface area contributed by atoms with Crippen LogP contribution in [0.2, 0.25) is 0 Å². The molecule has 1 aliphatic rings. The number of amides is 1. The fourth-order valence-electron chi connectivity index (χ4n) is 2.68. The molecule has 1 heterocycles. The summed E-state index contributed by atoms with van der Waals surface area (Å²) in [5, 5.41) is 9.47. The van der Waals surface area contributed by atoms with Crippen LogP contribution in [0.15, 0.2) is 18.2 Å². The molecule has 0 spiro atoms. The molecule has 122 valence electrons. The van der Waals surface area contributed by atoms with Crippen LogP contribution in [0.5, 0.6) is 5.75 Å². The topological polar surface area (TPSA) is 49.8 Å². The van der Waals surface area contributed by atoms with E-state index in [4.69, 9.17) is 4.74 Å². The Morgan fingerprint density at radius 2 is 2.05 bits per heavy atom. The molecule has 2 rings (SSSR count). The Bertz CT molecular complexity index is 522. The molecular weight excluding hydrogens is 292 g/mol. The van der Waals surface area contributed by atoms with E-state index >= 15 is 0 Å². The molecule has 0 bridgehead atoms. The van der Waals surface area contributed by atoms with E-state index < -0.39 is 11.6 Å². The molecule has 0 saturated carbocycles. The normalized spacial score (nSPS) is 17.4. The van der Waals surface area contributed by atoms with Crippen LogP contribution in [0.4, 0.5) is 8.78 Å². The number of rotatable bonds is 5. The van der Waals surface area contributed by atoms with E-state index in [0.717, 1.165) is 31.4 Å². The fourth-order valence-corrected chi connectivity index (χ4v) is 2.68. The maximum Gasteiger partial charge on any atom is 0.260 e. The molecule has 1 saturated heterocycles. The minimum absolute atomic E-state index is 0.0965. The van der Waals surface area contributed by atoms with E-state index in [1.54, 1.807) is 4.90 Å². The van der Waals surface area contributed by atoms with Gasteiger partial charge in [0.25, 0.3) is 5.91 Å². The van der Waals surface area contributed by atoms with Crippen molar-refractivity contribution in [3.8, 4) is 5.75 Å². The average Bonchev–Trinajstić information content (AvgIpc) is 2.54. The molecule has 1 aliphatic heterocycles. The van der Waals surface area contributed by atoms with Crippen LogP contribution in [0.25, 0.3) is 0 Å². The SMILES string of the molecule is CCC1(CO)CCN(C(=O)COc2ccc(F)cc2F)CC1. The summed E-state index contributed by atoms with van der Waals surface area (Å²) in [4.78, 5) is 13.7. The van der Waals surface area contributed by atoms with Crippen molar-refractivity contribution < 1.29 is 23.4 Å². The number of likely N-dealkylation sites (tertiary alicyclic amines) is 1. The Labute approximate surface area is 128 Å². The molecule has 1 aromatic carbocycles. The Hall–Kier alpha value is -1.69. The summed E-state index contributed by atoms with van der Waals surface area (Å²) < 4.78 is 31.3. The van der Waals surface area contributed by atoms with Crippen LogP contribution >= 0.6 is 0 Å². The maximum atomic E-state index is 13.4. The number of aliphatic hydroxyl groups is 1. The second kappa shape index (κ2) is 7.05. The van der Waals surface area contributed by atoms with Crippen molar-refractivity contribution in [2.24, 2.45) is 5.41 Å². The average molecular weight is 313 g/mol. The van der Waals surface area contributed by atoms with Crippen molar-refractivity contribution in [2.45, 2.75) is 26.2 Å². The molecular formula is C16H21F2NO3. The Balaban J connectivity index is 1.86. The molecule has 0 radical (unpaired) electrons. The number of carbonyl (C=O) groups excluding carboxylic acids is 1. The highest BCUT2D eigenvalue weighted by molar-refractivity contribution is 5.77. The smallest absolute Gasteiger partial charge is 0.260 e. The van der Waals surface area contributed by atoms with Gasteiger partial charge in [-0.3, -0.25) is 4.79 Å². The molecule has 6 heteroatoms. The van der Waals surface area contributed by atoms with Crippen molar-refractivity contribution in [1.82, 2.24) is 4.90 Å². The van der Waals surface area contributed by atoms with E-state index in [0.29, 0.717) is 13.1 Å². The van der Waals surface area contributed by atoms with Crippen LogP contribution in [-0.2, 0) is 4.79 Å². The molecule has 22 heavy (non-hydrogen) atoms. The van der Waals surface area contributed by atoms with E-state index in [1.165, 1.54) is 6.07 Å². The van der Waals surface area contributed by atoms with Gasteiger partial charge in [0.15, 0.2) is 18.2 Å². The summed E-state index contributed by atoms with van der Waals surface area (Å²) in [7, 11) is 0. The fraction of sp³-hybridized carbons (Fsp3) is 0.562. The van der Waals surface area contributed by atoms with Crippen molar-refractivity contribution in [3.63, 3.8) is 0 Å². The Morgan fingerprint density at radius 1 is 1.36 bits per heavy atom. The minimum atomic E-state index is -0.822. The van der Waals surface area contributed by atoms with E-state index in [-0.39, 0.29) is 30.3 Å². The second-order valence-corrected chi connectivity index (χ2v) is 5.76. The zero-order valence-electron chi connectivity index (χ0n) is 12.6. The second-order valence-electron chi connectivity index (χ2n) is 5.76. The van der Waals surface area contributed by atoms with Crippen LogP contribution < -0.4 is 4.74 Å². The zero-order chi connectivity index (χ0) is 16.2.